The summed E-state index contributed by atoms with van der Waals surface area (Å²) in [6.45, 7) is 8.94. The topological polar surface area (TPSA) is 76.5 Å². The zero-order valence-corrected chi connectivity index (χ0v) is 22.5. The monoisotopic (exact) mass is 512 g/mol. The highest BCUT2D eigenvalue weighted by Crippen LogP contribution is 2.49. The number of fused-ring (bicyclic) bond motifs is 1. The summed E-state index contributed by atoms with van der Waals surface area (Å²) in [5.41, 5.74) is 2.44. The van der Waals surface area contributed by atoms with Crippen molar-refractivity contribution in [1.29, 1.82) is 0 Å². The van der Waals surface area contributed by atoms with E-state index in [4.69, 9.17) is 9.84 Å². The minimum absolute atomic E-state index is 0.0466. The van der Waals surface area contributed by atoms with Crippen LogP contribution in [0.15, 0.2) is 41.8 Å². The zero-order chi connectivity index (χ0) is 25.2. The van der Waals surface area contributed by atoms with Crippen LogP contribution < -0.4 is 15.0 Å². The van der Waals surface area contributed by atoms with Gasteiger partial charge in [-0.2, -0.15) is 5.10 Å². The average molecular weight is 513 g/mol. The number of hydrogen-bond donors (Lipinski definition) is 1. The van der Waals surface area contributed by atoms with Gasteiger partial charge in [-0.1, -0.05) is 33.8 Å². The second-order valence-electron chi connectivity index (χ2n) is 9.48. The predicted octanol–water partition coefficient (Wildman–Crippen LogP) is 4.94. The van der Waals surface area contributed by atoms with Crippen LogP contribution in [-0.4, -0.2) is 47.5 Å². The van der Waals surface area contributed by atoms with Gasteiger partial charge in [0.1, 0.15) is 18.1 Å². The Labute approximate surface area is 214 Å². The summed E-state index contributed by atoms with van der Waals surface area (Å²) in [6.07, 6.45) is 0.833. The Morgan fingerprint density at radius 3 is 2.57 bits per heavy atom. The molecule has 186 valence electrons. The van der Waals surface area contributed by atoms with E-state index in [-0.39, 0.29) is 34.8 Å². The number of carbonyl (C=O) groups excluding carboxylic acids is 2. The van der Waals surface area contributed by atoms with Crippen LogP contribution in [0.2, 0.25) is 0 Å². The van der Waals surface area contributed by atoms with E-state index in [1.54, 1.807) is 35.1 Å². The summed E-state index contributed by atoms with van der Waals surface area (Å²) in [7, 11) is 1.63. The van der Waals surface area contributed by atoms with Crippen LogP contribution in [0.5, 0.6) is 5.75 Å². The number of benzene rings is 1. The number of thioether (sulfide) groups is 1. The SMILES string of the molecule is CCCNC(=O)CN1C(=O)CSC(c2cccs2)c2c(C(C)(C)C)nn(-c3ccc(OC)cc3)c21. The molecule has 0 aliphatic carbocycles. The number of aromatic nitrogens is 2. The molecule has 1 aliphatic heterocycles. The van der Waals surface area contributed by atoms with Gasteiger partial charge in [0, 0.05) is 22.4 Å². The maximum atomic E-state index is 13.5. The third-order valence-corrected chi connectivity index (χ3v) is 8.11. The van der Waals surface area contributed by atoms with Gasteiger partial charge in [-0.3, -0.25) is 14.5 Å². The van der Waals surface area contributed by atoms with Crippen LogP contribution in [0.4, 0.5) is 5.82 Å². The molecule has 0 bridgehead atoms. The van der Waals surface area contributed by atoms with Gasteiger partial charge < -0.3 is 10.1 Å². The quantitative estimate of drug-likeness (QED) is 0.486. The fourth-order valence-electron chi connectivity index (χ4n) is 4.11. The van der Waals surface area contributed by atoms with Crippen molar-refractivity contribution >= 4 is 40.7 Å². The first-order valence-electron chi connectivity index (χ1n) is 11.7. The Bertz CT molecular complexity index is 1180. The number of nitrogens with zero attached hydrogens (tertiary/aromatic N) is 3. The lowest BCUT2D eigenvalue weighted by Crippen LogP contribution is -2.42. The highest BCUT2D eigenvalue weighted by molar-refractivity contribution is 8.00. The van der Waals surface area contributed by atoms with Crippen molar-refractivity contribution in [3.05, 3.63) is 57.9 Å². The standard InChI is InChI=1S/C26H32N4O3S2/c1-6-13-27-20(31)15-29-21(32)16-35-23(19-8-7-14-34-19)22-24(26(2,3)4)28-30(25(22)29)17-9-11-18(33-5)12-10-17/h7-12,14,23H,6,13,15-16H2,1-5H3,(H,27,31). The number of hydrogen-bond acceptors (Lipinski definition) is 6. The Kier molecular flexibility index (Phi) is 7.56. The zero-order valence-electron chi connectivity index (χ0n) is 20.8. The van der Waals surface area contributed by atoms with E-state index >= 15 is 0 Å². The number of nitrogens with one attached hydrogen (secondary N) is 1. The average Bonchev–Trinajstić information content (AvgIpc) is 3.48. The molecule has 35 heavy (non-hydrogen) atoms. The lowest BCUT2D eigenvalue weighted by molar-refractivity contribution is -0.122. The van der Waals surface area contributed by atoms with E-state index in [9.17, 15) is 9.59 Å². The Balaban J connectivity index is 1.96. The second-order valence-corrected chi connectivity index (χ2v) is 11.6. The summed E-state index contributed by atoms with van der Waals surface area (Å²) in [4.78, 5) is 29.1. The van der Waals surface area contributed by atoms with Crippen molar-refractivity contribution < 1.29 is 14.3 Å². The summed E-state index contributed by atoms with van der Waals surface area (Å²) in [6, 6.07) is 11.8. The lowest BCUT2D eigenvalue weighted by atomic mass is 9.88. The summed E-state index contributed by atoms with van der Waals surface area (Å²) < 4.78 is 7.17. The minimum Gasteiger partial charge on any atom is -0.497 e. The molecule has 1 N–H and O–H groups in total. The van der Waals surface area contributed by atoms with Crippen molar-refractivity contribution in [3.63, 3.8) is 0 Å². The van der Waals surface area contributed by atoms with E-state index in [1.807, 2.05) is 41.9 Å². The molecule has 0 spiro atoms. The Morgan fingerprint density at radius 2 is 1.97 bits per heavy atom. The Hall–Kier alpha value is -2.78. The van der Waals surface area contributed by atoms with Crippen LogP contribution in [0.3, 0.4) is 0 Å². The molecule has 4 rings (SSSR count). The molecule has 2 amide bonds. The molecule has 1 atom stereocenters. The van der Waals surface area contributed by atoms with Crippen molar-refractivity contribution in [1.82, 2.24) is 15.1 Å². The van der Waals surface area contributed by atoms with Crippen LogP contribution in [-0.2, 0) is 15.0 Å². The van der Waals surface area contributed by atoms with E-state index in [1.165, 1.54) is 4.88 Å². The number of methoxy groups -OCH3 is 1. The van der Waals surface area contributed by atoms with Crippen LogP contribution in [0, 0.1) is 0 Å². The Morgan fingerprint density at radius 1 is 1.23 bits per heavy atom. The highest BCUT2D eigenvalue weighted by atomic mass is 32.2. The number of carbonyl (C=O) groups is 2. The van der Waals surface area contributed by atoms with Gasteiger partial charge >= 0.3 is 0 Å². The van der Waals surface area contributed by atoms with E-state index < -0.39 is 0 Å². The molecule has 0 saturated carbocycles. The first-order chi connectivity index (χ1) is 16.7. The van der Waals surface area contributed by atoms with Crippen molar-refractivity contribution in [2.75, 3.05) is 30.9 Å². The van der Waals surface area contributed by atoms with E-state index in [0.29, 0.717) is 12.4 Å². The third kappa shape index (κ3) is 5.26. The number of anilines is 1. The molecule has 1 aliphatic rings. The van der Waals surface area contributed by atoms with E-state index in [2.05, 4.69) is 37.5 Å². The number of ether oxygens (including phenoxy) is 1. The van der Waals surface area contributed by atoms with Gasteiger partial charge in [0.25, 0.3) is 0 Å². The molecule has 0 saturated heterocycles. The molecule has 7 nitrogen and oxygen atoms in total. The fourth-order valence-corrected chi connectivity index (χ4v) is 6.28. The summed E-state index contributed by atoms with van der Waals surface area (Å²) >= 11 is 3.28. The molecular formula is C26H32N4O3S2. The first kappa shape index (κ1) is 25.3. The molecule has 1 aromatic carbocycles. The highest BCUT2D eigenvalue weighted by Gasteiger charge is 2.40. The number of amides is 2. The van der Waals surface area contributed by atoms with Crippen molar-refractivity contribution in [2.24, 2.45) is 0 Å². The normalized spacial score (nSPS) is 16.1. The molecule has 3 heterocycles. The molecule has 1 unspecified atom stereocenters. The summed E-state index contributed by atoms with van der Waals surface area (Å²) in [5, 5.41) is 10.0. The van der Waals surface area contributed by atoms with Gasteiger partial charge in [-0.25, -0.2) is 4.68 Å². The summed E-state index contributed by atoms with van der Waals surface area (Å²) in [5.74, 6) is 1.41. The van der Waals surface area contributed by atoms with Crippen LogP contribution >= 0.6 is 23.1 Å². The van der Waals surface area contributed by atoms with Gasteiger partial charge in [0.2, 0.25) is 11.8 Å². The molecular weight excluding hydrogens is 480 g/mol. The molecule has 3 aromatic rings. The lowest BCUT2D eigenvalue weighted by Gasteiger charge is -2.24. The smallest absolute Gasteiger partial charge is 0.240 e. The maximum absolute atomic E-state index is 13.5. The van der Waals surface area contributed by atoms with Crippen molar-refractivity contribution in [3.8, 4) is 11.4 Å². The molecule has 0 radical (unpaired) electrons. The van der Waals surface area contributed by atoms with Crippen molar-refractivity contribution in [2.45, 2.75) is 44.8 Å². The number of rotatable bonds is 7. The largest absolute Gasteiger partial charge is 0.497 e. The fraction of sp³-hybridized carbons (Fsp3) is 0.423. The third-order valence-electron chi connectivity index (χ3n) is 5.79. The van der Waals surface area contributed by atoms with E-state index in [0.717, 1.165) is 29.1 Å². The number of thiophene rings is 1. The van der Waals surface area contributed by atoms with Crippen LogP contribution in [0.25, 0.3) is 5.69 Å². The maximum Gasteiger partial charge on any atom is 0.240 e. The van der Waals surface area contributed by atoms with Gasteiger partial charge in [0.15, 0.2) is 0 Å². The van der Waals surface area contributed by atoms with Gasteiger partial charge in [-0.15, -0.1) is 23.1 Å². The predicted molar refractivity (Wildman–Crippen MR) is 143 cm³/mol. The van der Waals surface area contributed by atoms with Gasteiger partial charge in [0.05, 0.1) is 29.5 Å². The second kappa shape index (κ2) is 10.5. The molecule has 2 aromatic heterocycles. The minimum atomic E-state index is -0.276. The van der Waals surface area contributed by atoms with Crippen LogP contribution in [0.1, 0.15) is 55.5 Å². The molecule has 0 fully saturated rings. The van der Waals surface area contributed by atoms with Gasteiger partial charge in [-0.05, 0) is 42.1 Å². The molecule has 9 heteroatoms. The first-order valence-corrected chi connectivity index (χ1v) is 13.7.